The third kappa shape index (κ3) is 5.31. The molecule has 2 aromatic rings. The molecule has 2 aliphatic rings. The van der Waals surface area contributed by atoms with E-state index in [1.807, 2.05) is 24.3 Å². The number of sulfonamides is 1. The summed E-state index contributed by atoms with van der Waals surface area (Å²) in [5.74, 6) is -0.293. The van der Waals surface area contributed by atoms with Gasteiger partial charge in [-0.15, -0.1) is 0 Å². The van der Waals surface area contributed by atoms with Crippen molar-refractivity contribution in [2.45, 2.75) is 50.6 Å². The Bertz CT molecular complexity index is 1080. The lowest BCUT2D eigenvalue weighted by Crippen LogP contribution is -2.32. The van der Waals surface area contributed by atoms with Gasteiger partial charge in [-0.25, -0.2) is 17.5 Å². The van der Waals surface area contributed by atoms with E-state index in [9.17, 15) is 17.6 Å². The number of rotatable bonds is 6. The Labute approximate surface area is 182 Å². The Balaban J connectivity index is 1.43. The van der Waals surface area contributed by atoms with E-state index < -0.39 is 15.8 Å². The maximum Gasteiger partial charge on any atom is 0.243 e. The van der Waals surface area contributed by atoms with Crippen LogP contribution in [-0.4, -0.2) is 32.3 Å². The van der Waals surface area contributed by atoms with Crippen molar-refractivity contribution in [1.82, 2.24) is 9.62 Å². The summed E-state index contributed by atoms with van der Waals surface area (Å²) in [4.78, 5) is 13.5. The van der Waals surface area contributed by atoms with Crippen LogP contribution in [0.5, 0.6) is 0 Å². The van der Waals surface area contributed by atoms with Gasteiger partial charge in [-0.2, -0.15) is 0 Å². The molecule has 2 aromatic carbocycles. The molecule has 0 unspecified atom stereocenters. The maximum atomic E-state index is 14.5. The second kappa shape index (κ2) is 9.06. The van der Waals surface area contributed by atoms with E-state index in [2.05, 4.69) is 21.9 Å². The van der Waals surface area contributed by atoms with Gasteiger partial charge in [0.25, 0.3) is 0 Å². The summed E-state index contributed by atoms with van der Waals surface area (Å²) < 4.78 is 42.5. The number of nitrogens with one attached hydrogen (secondary N) is 2. The molecule has 0 saturated carbocycles. The molecule has 0 aromatic heterocycles. The molecular formula is C23H28FN3O3S. The fraction of sp³-hybridized carbons (Fsp3) is 0.435. The summed E-state index contributed by atoms with van der Waals surface area (Å²) in [6, 6.07) is 10.2. The van der Waals surface area contributed by atoms with Crippen LogP contribution in [0.25, 0.3) is 0 Å². The first-order chi connectivity index (χ1) is 14.8. The number of carbonyl (C=O) groups is 1. The van der Waals surface area contributed by atoms with Crippen molar-refractivity contribution in [3.05, 3.63) is 58.9 Å². The number of piperidine rings is 1. The van der Waals surface area contributed by atoms with Crippen molar-refractivity contribution in [3.8, 4) is 0 Å². The van der Waals surface area contributed by atoms with Crippen molar-refractivity contribution >= 4 is 21.6 Å². The molecule has 0 radical (unpaired) electrons. The highest BCUT2D eigenvalue weighted by atomic mass is 32.2. The zero-order chi connectivity index (χ0) is 22.0. The van der Waals surface area contributed by atoms with Crippen LogP contribution in [0, 0.1) is 11.7 Å². The molecule has 6 nitrogen and oxygen atoms in total. The highest BCUT2D eigenvalue weighted by Crippen LogP contribution is 2.28. The molecule has 31 heavy (non-hydrogen) atoms. The van der Waals surface area contributed by atoms with E-state index in [4.69, 9.17) is 0 Å². The molecule has 0 bridgehead atoms. The van der Waals surface area contributed by atoms with E-state index >= 15 is 0 Å². The monoisotopic (exact) mass is 445 g/mol. The first-order valence-corrected chi connectivity index (χ1v) is 12.2. The minimum absolute atomic E-state index is 0.0838. The first kappa shape index (κ1) is 21.9. The lowest BCUT2D eigenvalue weighted by Gasteiger charge is -2.30. The highest BCUT2D eigenvalue weighted by Gasteiger charge is 2.24. The molecule has 1 amide bonds. The second-order valence-corrected chi connectivity index (χ2v) is 10.3. The second-order valence-electron chi connectivity index (χ2n) is 8.59. The van der Waals surface area contributed by atoms with Gasteiger partial charge in [-0.1, -0.05) is 31.2 Å². The van der Waals surface area contributed by atoms with E-state index in [0.717, 1.165) is 42.7 Å². The van der Waals surface area contributed by atoms with Gasteiger partial charge in [0.2, 0.25) is 15.9 Å². The fourth-order valence-electron chi connectivity index (χ4n) is 4.16. The predicted molar refractivity (Wildman–Crippen MR) is 117 cm³/mol. The molecule has 2 heterocycles. The van der Waals surface area contributed by atoms with Crippen LogP contribution in [0.15, 0.2) is 41.3 Å². The summed E-state index contributed by atoms with van der Waals surface area (Å²) in [5, 5.41) is 2.58. The Morgan fingerprint density at radius 2 is 1.87 bits per heavy atom. The number of fused-ring (bicyclic) bond motifs is 1. The van der Waals surface area contributed by atoms with E-state index in [-0.39, 0.29) is 23.8 Å². The third-order valence-electron chi connectivity index (χ3n) is 6.08. The average molecular weight is 446 g/mol. The van der Waals surface area contributed by atoms with Crippen LogP contribution in [0.1, 0.15) is 42.9 Å². The van der Waals surface area contributed by atoms with Crippen molar-refractivity contribution in [1.29, 1.82) is 0 Å². The number of anilines is 1. The van der Waals surface area contributed by atoms with Gasteiger partial charge >= 0.3 is 0 Å². The molecule has 166 valence electrons. The van der Waals surface area contributed by atoms with E-state index in [0.29, 0.717) is 17.7 Å². The molecule has 2 aliphatic heterocycles. The van der Waals surface area contributed by atoms with Crippen molar-refractivity contribution in [2.75, 3.05) is 18.4 Å². The summed E-state index contributed by atoms with van der Waals surface area (Å²) in [7, 11) is -4.03. The van der Waals surface area contributed by atoms with Crippen LogP contribution >= 0.6 is 0 Å². The topological polar surface area (TPSA) is 78.5 Å². The Morgan fingerprint density at radius 3 is 2.65 bits per heavy atom. The molecule has 0 spiro atoms. The summed E-state index contributed by atoms with van der Waals surface area (Å²) >= 11 is 0. The quantitative estimate of drug-likeness (QED) is 0.714. The average Bonchev–Trinajstić information content (AvgIpc) is 2.74. The number of nitrogens with zero attached hydrogens (tertiary/aromatic N) is 1. The normalized spacial score (nSPS) is 17.9. The first-order valence-electron chi connectivity index (χ1n) is 10.7. The van der Waals surface area contributed by atoms with Crippen molar-refractivity contribution in [3.63, 3.8) is 0 Å². The SMILES string of the molecule is CC1CCN(Cc2cccc(CNS(=O)(=O)c3cc4c(cc3F)NC(=O)CC4)c2)CC1. The molecule has 8 heteroatoms. The Morgan fingerprint density at radius 1 is 1.13 bits per heavy atom. The minimum Gasteiger partial charge on any atom is -0.326 e. The number of aryl methyl sites for hydroxylation is 1. The molecular weight excluding hydrogens is 417 g/mol. The highest BCUT2D eigenvalue weighted by molar-refractivity contribution is 7.89. The Kier molecular flexibility index (Phi) is 6.41. The van der Waals surface area contributed by atoms with Crippen LogP contribution in [0.3, 0.4) is 0 Å². The maximum absolute atomic E-state index is 14.5. The van der Waals surface area contributed by atoms with Crippen LogP contribution in [0.4, 0.5) is 10.1 Å². The van der Waals surface area contributed by atoms with Gasteiger partial charge < -0.3 is 5.32 Å². The third-order valence-corrected chi connectivity index (χ3v) is 7.50. The van der Waals surface area contributed by atoms with Crippen molar-refractivity contribution < 1.29 is 17.6 Å². The number of carbonyl (C=O) groups excluding carboxylic acids is 1. The smallest absolute Gasteiger partial charge is 0.243 e. The van der Waals surface area contributed by atoms with E-state index in [1.165, 1.54) is 18.9 Å². The molecule has 0 aliphatic carbocycles. The molecule has 1 fully saturated rings. The zero-order valence-electron chi connectivity index (χ0n) is 17.7. The summed E-state index contributed by atoms with van der Waals surface area (Å²) in [6.45, 7) is 5.37. The molecule has 0 atom stereocenters. The number of halogens is 1. The lowest BCUT2D eigenvalue weighted by atomic mass is 9.98. The van der Waals surface area contributed by atoms with Crippen LogP contribution in [0.2, 0.25) is 0 Å². The van der Waals surface area contributed by atoms with Gasteiger partial charge in [0, 0.05) is 25.2 Å². The van der Waals surface area contributed by atoms with Gasteiger partial charge in [0.05, 0.1) is 0 Å². The Hall–Kier alpha value is -2.29. The van der Waals surface area contributed by atoms with Crippen molar-refractivity contribution in [2.24, 2.45) is 5.92 Å². The van der Waals surface area contributed by atoms with E-state index in [1.54, 1.807) is 0 Å². The van der Waals surface area contributed by atoms with Gasteiger partial charge in [0.1, 0.15) is 10.7 Å². The number of likely N-dealkylation sites (tertiary alicyclic amines) is 1. The van der Waals surface area contributed by atoms with Gasteiger partial charge in [-0.3, -0.25) is 9.69 Å². The number of hydrogen-bond acceptors (Lipinski definition) is 4. The zero-order valence-corrected chi connectivity index (χ0v) is 18.5. The van der Waals surface area contributed by atoms with Crippen LogP contribution < -0.4 is 10.0 Å². The fourth-order valence-corrected chi connectivity index (χ4v) is 5.28. The minimum atomic E-state index is -4.03. The molecule has 4 rings (SSSR count). The molecule has 1 saturated heterocycles. The number of amides is 1. The van der Waals surface area contributed by atoms with Crippen LogP contribution in [-0.2, 0) is 34.3 Å². The summed E-state index contributed by atoms with van der Waals surface area (Å²) in [6.07, 6.45) is 3.06. The van der Waals surface area contributed by atoms with Gasteiger partial charge in [0.15, 0.2) is 0 Å². The number of benzene rings is 2. The van der Waals surface area contributed by atoms with Gasteiger partial charge in [-0.05, 0) is 67.1 Å². The standard InChI is InChI=1S/C23H28FN3O3S/c1-16-7-9-27(10-8-16)15-18-4-2-3-17(11-18)14-25-31(29,30)22-12-19-5-6-23(28)26-21(19)13-20(22)24/h2-4,11-13,16,25H,5-10,14-15H2,1H3,(H,26,28). The predicted octanol–water partition coefficient (Wildman–Crippen LogP) is 3.42. The molecule has 2 N–H and O–H groups in total. The number of hydrogen-bond donors (Lipinski definition) is 2. The lowest BCUT2D eigenvalue weighted by molar-refractivity contribution is -0.116. The summed E-state index contributed by atoms with van der Waals surface area (Å²) in [5.41, 5.74) is 2.94. The largest absolute Gasteiger partial charge is 0.326 e.